The number of benzene rings is 2. The SMILES string of the molecule is COC(=O)N[C@H](C(=O)N1CCC[C@H]1c1ncc(-c2ccc3c(c2)OCn2c-3cc3cc(-c4cnc([C@@H]5CCCN5C(=O)[C@@H](NC(=O)OC)C(C)C)[nH]4)cc(F)c32)[nH]1)C(C)C. The molecule has 0 aliphatic carbocycles. The number of fused-ring (bicyclic) bond motifs is 5. The van der Waals surface area contributed by atoms with Crippen LogP contribution in [-0.4, -0.2) is 97.7 Å². The number of carbonyl (C=O) groups is 4. The molecule has 2 saturated heterocycles. The number of aromatic amines is 2. The predicted octanol–water partition coefficient (Wildman–Crippen LogP) is 6.67. The van der Waals surface area contributed by atoms with E-state index in [1.54, 1.807) is 22.2 Å². The van der Waals surface area contributed by atoms with Crippen molar-refractivity contribution < 1.29 is 37.8 Å². The van der Waals surface area contributed by atoms with Crippen LogP contribution >= 0.6 is 0 Å². The van der Waals surface area contributed by atoms with Crippen molar-refractivity contribution >= 4 is 34.9 Å². The van der Waals surface area contributed by atoms with Gasteiger partial charge in [0.05, 0.1) is 61.3 Å². The van der Waals surface area contributed by atoms with E-state index in [4.69, 9.17) is 14.2 Å². The molecule has 0 spiro atoms. The molecular weight excluding hydrogens is 774 g/mol. The molecule has 4 N–H and O–H groups in total. The van der Waals surface area contributed by atoms with E-state index in [0.717, 1.165) is 41.8 Å². The zero-order chi connectivity index (χ0) is 42.4. The maximum atomic E-state index is 16.1. The minimum absolute atomic E-state index is 0.109. The molecule has 4 atom stereocenters. The highest BCUT2D eigenvalue weighted by atomic mass is 19.1. The van der Waals surface area contributed by atoms with Gasteiger partial charge in [-0.05, 0) is 67.9 Å². The fourth-order valence-electron chi connectivity index (χ4n) is 8.72. The third-order valence-corrected chi connectivity index (χ3v) is 11.9. The molecule has 5 aromatic rings. The predicted molar refractivity (Wildman–Crippen MR) is 219 cm³/mol. The average molecular weight is 824 g/mol. The Bertz CT molecular complexity index is 2450. The molecule has 6 heterocycles. The van der Waals surface area contributed by atoms with Gasteiger partial charge in [-0.1, -0.05) is 33.8 Å². The molecular formula is C43H50FN9O7. The Hall–Kier alpha value is -6.39. The lowest BCUT2D eigenvalue weighted by atomic mass is 10.0. The van der Waals surface area contributed by atoms with E-state index in [1.165, 1.54) is 20.3 Å². The van der Waals surface area contributed by atoms with Crippen LogP contribution in [0.15, 0.2) is 48.8 Å². The van der Waals surface area contributed by atoms with E-state index in [2.05, 4.69) is 30.6 Å². The maximum Gasteiger partial charge on any atom is 0.407 e. The molecule has 3 aromatic heterocycles. The second kappa shape index (κ2) is 16.3. The van der Waals surface area contributed by atoms with Gasteiger partial charge in [0, 0.05) is 35.2 Å². The summed E-state index contributed by atoms with van der Waals surface area (Å²) in [7, 11) is 2.54. The second-order valence-corrected chi connectivity index (χ2v) is 16.3. The topological polar surface area (TPSA) is 189 Å². The van der Waals surface area contributed by atoms with Crippen LogP contribution in [0.25, 0.3) is 44.7 Å². The van der Waals surface area contributed by atoms with Gasteiger partial charge in [0.15, 0.2) is 6.73 Å². The number of aromatic nitrogens is 5. The number of alkyl carbamates (subject to hydrolysis) is 2. The third kappa shape index (κ3) is 7.41. The number of nitrogens with zero attached hydrogens (tertiary/aromatic N) is 5. The molecule has 8 rings (SSSR count). The van der Waals surface area contributed by atoms with Crippen LogP contribution in [0.5, 0.6) is 5.75 Å². The third-order valence-electron chi connectivity index (χ3n) is 11.9. The van der Waals surface area contributed by atoms with E-state index < -0.39 is 30.1 Å². The van der Waals surface area contributed by atoms with Gasteiger partial charge in [0.1, 0.15) is 35.3 Å². The average Bonchev–Trinajstić information content (AvgIpc) is 4.09. The summed E-state index contributed by atoms with van der Waals surface area (Å²) in [6.07, 6.45) is 5.10. The first-order valence-corrected chi connectivity index (χ1v) is 20.4. The summed E-state index contributed by atoms with van der Waals surface area (Å²) < 4.78 is 33.7. The summed E-state index contributed by atoms with van der Waals surface area (Å²) in [5.41, 5.74) is 4.86. The van der Waals surface area contributed by atoms with Gasteiger partial charge in [-0.2, -0.15) is 0 Å². The molecule has 3 aliphatic heterocycles. The van der Waals surface area contributed by atoms with E-state index in [0.29, 0.717) is 59.1 Å². The molecule has 0 saturated carbocycles. The molecule has 0 radical (unpaired) electrons. The lowest BCUT2D eigenvalue weighted by Crippen LogP contribution is -2.51. The number of imidazole rings is 2. The van der Waals surface area contributed by atoms with Crippen molar-refractivity contribution in [1.29, 1.82) is 0 Å². The lowest BCUT2D eigenvalue weighted by molar-refractivity contribution is -0.136. The van der Waals surface area contributed by atoms with Crippen molar-refractivity contribution in [3.05, 3.63) is 66.3 Å². The van der Waals surface area contributed by atoms with E-state index in [9.17, 15) is 19.2 Å². The Labute approximate surface area is 346 Å². The van der Waals surface area contributed by atoms with Crippen LogP contribution in [0, 0.1) is 17.7 Å². The Balaban J connectivity index is 1.01. The lowest BCUT2D eigenvalue weighted by Gasteiger charge is -2.30. The van der Waals surface area contributed by atoms with Crippen molar-refractivity contribution in [2.45, 2.75) is 84.3 Å². The van der Waals surface area contributed by atoms with E-state index in [1.807, 2.05) is 62.6 Å². The number of amides is 4. The minimum atomic E-state index is -0.752. The summed E-state index contributed by atoms with van der Waals surface area (Å²) in [5.74, 6) is 0.800. The molecule has 0 unspecified atom stereocenters. The monoisotopic (exact) mass is 823 g/mol. The molecule has 17 heteroatoms. The number of halogens is 1. The van der Waals surface area contributed by atoms with Gasteiger partial charge in [-0.25, -0.2) is 23.9 Å². The Morgan fingerprint density at radius 1 is 0.783 bits per heavy atom. The van der Waals surface area contributed by atoms with Crippen molar-refractivity contribution in [3.63, 3.8) is 0 Å². The van der Waals surface area contributed by atoms with Gasteiger partial charge in [-0.3, -0.25) is 9.59 Å². The summed E-state index contributed by atoms with van der Waals surface area (Å²) in [4.78, 5) is 70.9. The number of likely N-dealkylation sites (tertiary alicyclic amines) is 2. The fourth-order valence-corrected chi connectivity index (χ4v) is 8.72. The number of nitrogens with one attached hydrogen (secondary N) is 4. The Kier molecular flexibility index (Phi) is 11.0. The molecule has 2 aromatic carbocycles. The molecule has 4 amide bonds. The zero-order valence-corrected chi connectivity index (χ0v) is 34.5. The van der Waals surface area contributed by atoms with Crippen molar-refractivity contribution in [2.24, 2.45) is 11.8 Å². The van der Waals surface area contributed by atoms with Crippen molar-refractivity contribution in [3.8, 4) is 39.5 Å². The van der Waals surface area contributed by atoms with Gasteiger partial charge in [0.25, 0.3) is 0 Å². The smallest absolute Gasteiger partial charge is 0.407 e. The van der Waals surface area contributed by atoms with E-state index in [-0.39, 0.29) is 42.5 Å². The summed E-state index contributed by atoms with van der Waals surface area (Å²) in [5, 5.41) is 6.05. The maximum absolute atomic E-state index is 16.1. The summed E-state index contributed by atoms with van der Waals surface area (Å²) >= 11 is 0. The largest absolute Gasteiger partial charge is 0.472 e. The molecule has 0 bridgehead atoms. The number of carbonyl (C=O) groups excluding carboxylic acids is 4. The van der Waals surface area contributed by atoms with Crippen LogP contribution in [-0.2, 0) is 25.8 Å². The highest BCUT2D eigenvalue weighted by Crippen LogP contribution is 2.42. The van der Waals surface area contributed by atoms with Gasteiger partial charge >= 0.3 is 12.2 Å². The fraction of sp³-hybridized carbons (Fsp3) is 0.442. The van der Waals surface area contributed by atoms with Crippen molar-refractivity contribution in [1.82, 2.24) is 44.9 Å². The molecule has 3 aliphatic rings. The van der Waals surface area contributed by atoms with Crippen molar-refractivity contribution in [2.75, 3.05) is 27.3 Å². The Morgan fingerprint density at radius 3 is 1.87 bits per heavy atom. The first-order chi connectivity index (χ1) is 28.9. The zero-order valence-electron chi connectivity index (χ0n) is 34.5. The van der Waals surface area contributed by atoms with Crippen LogP contribution in [0.2, 0.25) is 0 Å². The number of ether oxygens (including phenoxy) is 3. The minimum Gasteiger partial charge on any atom is -0.472 e. The van der Waals surface area contributed by atoms with Crippen LogP contribution in [0.3, 0.4) is 0 Å². The highest BCUT2D eigenvalue weighted by Gasteiger charge is 2.39. The number of hydrogen-bond acceptors (Lipinski definition) is 9. The summed E-state index contributed by atoms with van der Waals surface area (Å²) in [6, 6.07) is 9.11. The quantitative estimate of drug-likeness (QED) is 0.119. The first kappa shape index (κ1) is 40.4. The number of hydrogen-bond donors (Lipinski definition) is 4. The highest BCUT2D eigenvalue weighted by molar-refractivity contribution is 5.93. The van der Waals surface area contributed by atoms with Crippen LogP contribution < -0.4 is 15.4 Å². The van der Waals surface area contributed by atoms with Gasteiger partial charge in [0.2, 0.25) is 11.8 Å². The van der Waals surface area contributed by atoms with Gasteiger partial charge < -0.3 is 49.2 Å². The molecule has 2 fully saturated rings. The van der Waals surface area contributed by atoms with Gasteiger partial charge in [-0.15, -0.1) is 0 Å². The number of rotatable bonds is 10. The van der Waals surface area contributed by atoms with Crippen LogP contribution in [0.1, 0.15) is 77.1 Å². The second-order valence-electron chi connectivity index (χ2n) is 16.3. The molecule has 60 heavy (non-hydrogen) atoms. The summed E-state index contributed by atoms with van der Waals surface area (Å²) in [6.45, 7) is 8.68. The first-order valence-electron chi connectivity index (χ1n) is 20.4. The molecule has 16 nitrogen and oxygen atoms in total. The van der Waals surface area contributed by atoms with Crippen LogP contribution in [0.4, 0.5) is 14.0 Å². The normalized spacial score (nSPS) is 18.3. The standard InChI is InChI=1S/C43H50FN9O7/c1-22(2)35(49-42(56)58-5)40(54)51-13-7-9-31(51)38-45-19-29(47-38)24-11-12-27-33-17-26-15-25(16-28(44)37(26)53(33)21-60-34(27)18-24)30-20-46-39(48-30)32-10-8-14-52(32)41(55)36(23(3)4)50-43(57)59-6/h11-12,15-20,22-23,31-32,35-36H,7-10,13-14,21H2,1-6H3,(H,45,47)(H,46,48)(H,49,56)(H,50,57)/t31-,32-,35-,36-/m0/s1. The Morgan fingerprint density at radius 2 is 1.33 bits per heavy atom. The number of methoxy groups -OCH3 is 2. The van der Waals surface area contributed by atoms with E-state index >= 15 is 4.39 Å². The number of H-pyrrole nitrogens is 2. The molecule has 316 valence electrons.